The molecule has 2 aromatic rings. The van der Waals surface area contributed by atoms with Crippen molar-refractivity contribution >= 4 is 44.7 Å². The minimum absolute atomic E-state index is 0.0552. The molecule has 2 heterocycles. The number of carbonyl (C=O) groups excluding carboxylic acids is 1. The molecular weight excluding hydrogens is 348 g/mol. The van der Waals surface area contributed by atoms with Crippen LogP contribution in [-0.4, -0.2) is 15.8 Å². The number of nitrogens with two attached hydrogens (primary N) is 1. The number of amides is 1. The molecule has 0 spiro atoms. The Morgan fingerprint density at radius 1 is 1.55 bits per heavy atom. The molecule has 0 saturated heterocycles. The van der Waals surface area contributed by atoms with Crippen molar-refractivity contribution in [3.05, 3.63) is 48.7 Å². The number of anilines is 1. The maximum Gasteiger partial charge on any atom is 0.300 e. The number of thiophene rings is 1. The van der Waals surface area contributed by atoms with Gasteiger partial charge in [-0.3, -0.25) is 14.9 Å². The van der Waals surface area contributed by atoms with Crippen LogP contribution < -0.4 is 11.1 Å². The fourth-order valence-corrected chi connectivity index (χ4v) is 2.92. The summed E-state index contributed by atoms with van der Waals surface area (Å²) >= 11 is 4.79. The van der Waals surface area contributed by atoms with Gasteiger partial charge in [-0.25, -0.2) is 4.98 Å². The lowest BCUT2D eigenvalue weighted by Gasteiger charge is -2.05. The summed E-state index contributed by atoms with van der Waals surface area (Å²) in [5, 5.41) is 13.5. The van der Waals surface area contributed by atoms with Crippen LogP contribution in [0.4, 0.5) is 11.5 Å². The average molecular weight is 357 g/mol. The predicted octanol–water partition coefficient (Wildman–Crippen LogP) is 2.33. The van der Waals surface area contributed by atoms with Crippen molar-refractivity contribution in [2.24, 2.45) is 0 Å². The van der Waals surface area contributed by atoms with Gasteiger partial charge in [0, 0.05) is 4.88 Å². The van der Waals surface area contributed by atoms with Gasteiger partial charge in [-0.05, 0) is 34.1 Å². The highest BCUT2D eigenvalue weighted by molar-refractivity contribution is 9.11. The van der Waals surface area contributed by atoms with E-state index in [1.165, 1.54) is 17.4 Å². The standard InChI is InChI=1S/C11H9BrN4O3S/c12-9-2-1-6(20-9)4-15-11(17)7-3-10(13)14-5-8(7)16(18)19/h1-3,5H,4H2,(H2,13,14)(H,15,17). The van der Waals surface area contributed by atoms with Crippen LogP contribution in [0.25, 0.3) is 0 Å². The number of hydrogen-bond acceptors (Lipinski definition) is 6. The van der Waals surface area contributed by atoms with Crippen molar-refractivity contribution in [3.63, 3.8) is 0 Å². The van der Waals surface area contributed by atoms with Crippen LogP contribution in [0, 0.1) is 10.1 Å². The Kier molecular flexibility index (Phi) is 4.30. The first kappa shape index (κ1) is 14.4. The summed E-state index contributed by atoms with van der Waals surface area (Å²) < 4.78 is 0.945. The van der Waals surface area contributed by atoms with Crippen LogP contribution >= 0.6 is 27.3 Å². The van der Waals surface area contributed by atoms with Crippen LogP contribution in [0.5, 0.6) is 0 Å². The summed E-state index contributed by atoms with van der Waals surface area (Å²) in [5.74, 6) is -0.505. The quantitative estimate of drug-likeness (QED) is 0.644. The van der Waals surface area contributed by atoms with E-state index in [2.05, 4.69) is 26.2 Å². The highest BCUT2D eigenvalue weighted by atomic mass is 79.9. The van der Waals surface area contributed by atoms with E-state index in [9.17, 15) is 14.9 Å². The van der Waals surface area contributed by atoms with Gasteiger partial charge < -0.3 is 11.1 Å². The van der Waals surface area contributed by atoms with Crippen LogP contribution in [0.15, 0.2) is 28.2 Å². The fraction of sp³-hybridized carbons (Fsp3) is 0.0909. The summed E-state index contributed by atoms with van der Waals surface area (Å²) in [5.41, 5.74) is 4.99. The second-order valence-electron chi connectivity index (χ2n) is 3.77. The third-order valence-electron chi connectivity index (χ3n) is 2.40. The molecule has 0 aliphatic carbocycles. The zero-order valence-electron chi connectivity index (χ0n) is 10.00. The molecule has 0 bridgehead atoms. The fourth-order valence-electron chi connectivity index (χ4n) is 1.50. The zero-order chi connectivity index (χ0) is 14.7. The molecule has 0 aliphatic heterocycles. The number of nitrogen functional groups attached to an aromatic ring is 1. The number of pyridine rings is 1. The van der Waals surface area contributed by atoms with Gasteiger partial charge in [-0.2, -0.15) is 0 Å². The lowest BCUT2D eigenvalue weighted by atomic mass is 10.2. The average Bonchev–Trinajstić information content (AvgIpc) is 2.81. The van der Waals surface area contributed by atoms with Gasteiger partial charge in [0.15, 0.2) is 0 Å². The summed E-state index contributed by atoms with van der Waals surface area (Å²) in [4.78, 5) is 26.7. The van der Waals surface area contributed by atoms with Gasteiger partial charge in [0.05, 0.1) is 15.3 Å². The van der Waals surface area contributed by atoms with E-state index < -0.39 is 10.8 Å². The summed E-state index contributed by atoms with van der Waals surface area (Å²) in [7, 11) is 0. The van der Waals surface area contributed by atoms with Crippen LogP contribution in [0.3, 0.4) is 0 Å². The number of hydrogen-bond donors (Lipinski definition) is 2. The van der Waals surface area contributed by atoms with Crippen LogP contribution in [0.2, 0.25) is 0 Å². The second kappa shape index (κ2) is 5.97. The normalized spacial score (nSPS) is 10.2. The molecule has 7 nitrogen and oxygen atoms in total. The summed E-state index contributed by atoms with van der Waals surface area (Å²) in [6.45, 7) is 0.286. The van der Waals surface area contributed by atoms with E-state index in [0.717, 1.165) is 14.9 Å². The molecule has 0 fully saturated rings. The van der Waals surface area contributed by atoms with Gasteiger partial charge in [0.2, 0.25) is 0 Å². The Balaban J connectivity index is 2.16. The third kappa shape index (κ3) is 3.31. The minimum atomic E-state index is -0.664. The summed E-state index contributed by atoms with van der Waals surface area (Å²) in [6.07, 6.45) is 0.978. The Labute approximate surface area is 126 Å². The molecule has 0 aromatic carbocycles. The van der Waals surface area contributed by atoms with Crippen molar-refractivity contribution in [2.75, 3.05) is 5.73 Å². The van der Waals surface area contributed by atoms with E-state index in [4.69, 9.17) is 5.73 Å². The third-order valence-corrected chi connectivity index (χ3v) is 4.02. The first-order valence-corrected chi connectivity index (χ1v) is 7.00. The summed E-state index contributed by atoms with van der Waals surface area (Å²) in [6, 6.07) is 4.90. The molecule has 1 amide bonds. The largest absolute Gasteiger partial charge is 0.384 e. The Hall–Kier alpha value is -2.00. The molecule has 104 valence electrons. The van der Waals surface area contributed by atoms with Gasteiger partial charge in [0.1, 0.15) is 17.6 Å². The Bertz CT molecular complexity index is 673. The van der Waals surface area contributed by atoms with Gasteiger partial charge in [-0.15, -0.1) is 11.3 Å². The van der Waals surface area contributed by atoms with Crippen molar-refractivity contribution in [2.45, 2.75) is 6.54 Å². The second-order valence-corrected chi connectivity index (χ2v) is 6.32. The maximum absolute atomic E-state index is 12.0. The number of rotatable bonds is 4. The number of nitro groups is 1. The lowest BCUT2D eigenvalue weighted by molar-refractivity contribution is -0.385. The van der Waals surface area contributed by atoms with E-state index >= 15 is 0 Å². The number of nitrogens with zero attached hydrogens (tertiary/aromatic N) is 2. The van der Waals surface area contributed by atoms with Crippen LogP contribution in [0.1, 0.15) is 15.2 Å². The molecular formula is C11H9BrN4O3S. The SMILES string of the molecule is Nc1cc(C(=O)NCc2ccc(Br)s2)c([N+](=O)[O-])cn1. The van der Waals surface area contributed by atoms with Gasteiger partial charge in [0.25, 0.3) is 11.6 Å². The van der Waals surface area contributed by atoms with E-state index in [0.29, 0.717) is 0 Å². The lowest BCUT2D eigenvalue weighted by Crippen LogP contribution is -2.23. The molecule has 2 rings (SSSR count). The molecule has 2 aromatic heterocycles. The van der Waals surface area contributed by atoms with Crippen molar-refractivity contribution in [1.82, 2.24) is 10.3 Å². The number of nitrogens with one attached hydrogen (secondary N) is 1. The monoisotopic (exact) mass is 356 g/mol. The maximum atomic E-state index is 12.0. The highest BCUT2D eigenvalue weighted by Gasteiger charge is 2.21. The molecule has 0 radical (unpaired) electrons. The van der Waals surface area contributed by atoms with Gasteiger partial charge >= 0.3 is 0 Å². The first-order chi connectivity index (χ1) is 9.47. The minimum Gasteiger partial charge on any atom is -0.384 e. The molecule has 9 heteroatoms. The molecule has 3 N–H and O–H groups in total. The molecule has 20 heavy (non-hydrogen) atoms. The molecule has 0 aliphatic rings. The van der Waals surface area contributed by atoms with Crippen molar-refractivity contribution in [1.29, 1.82) is 0 Å². The van der Waals surface area contributed by atoms with Crippen molar-refractivity contribution in [3.8, 4) is 0 Å². The zero-order valence-corrected chi connectivity index (χ0v) is 12.4. The highest BCUT2D eigenvalue weighted by Crippen LogP contribution is 2.22. The van der Waals surface area contributed by atoms with E-state index in [-0.39, 0.29) is 23.6 Å². The van der Waals surface area contributed by atoms with E-state index in [1.54, 1.807) is 0 Å². The molecule has 0 saturated carbocycles. The Morgan fingerprint density at radius 2 is 2.30 bits per heavy atom. The molecule has 0 atom stereocenters. The van der Waals surface area contributed by atoms with Gasteiger partial charge in [-0.1, -0.05) is 0 Å². The van der Waals surface area contributed by atoms with Crippen molar-refractivity contribution < 1.29 is 9.72 Å². The molecule has 0 unspecified atom stereocenters. The Morgan fingerprint density at radius 3 is 2.90 bits per heavy atom. The number of halogens is 1. The van der Waals surface area contributed by atoms with E-state index in [1.807, 2.05) is 12.1 Å². The topological polar surface area (TPSA) is 111 Å². The first-order valence-electron chi connectivity index (χ1n) is 5.39. The number of carbonyl (C=O) groups is 1. The smallest absolute Gasteiger partial charge is 0.300 e. The van der Waals surface area contributed by atoms with Crippen LogP contribution in [-0.2, 0) is 6.54 Å². The number of aromatic nitrogens is 1. The predicted molar refractivity (Wildman–Crippen MR) is 78.5 cm³/mol.